The average Bonchev–Trinajstić information content (AvgIpc) is 2.89. The Balaban J connectivity index is 2.16. The number of benzene rings is 1. The van der Waals surface area contributed by atoms with Gasteiger partial charge in [0.2, 0.25) is 0 Å². The van der Waals surface area contributed by atoms with Crippen LogP contribution in [0.15, 0.2) is 24.3 Å². The molecule has 12 heteroatoms. The largest absolute Gasteiger partial charge is 0.480 e. The quantitative estimate of drug-likeness (QED) is 0.240. The molecule has 26 heavy (non-hydrogen) atoms. The van der Waals surface area contributed by atoms with Gasteiger partial charge in [-0.25, -0.2) is 0 Å². The lowest BCUT2D eigenvalue weighted by atomic mass is 9.78. The van der Waals surface area contributed by atoms with Crippen molar-refractivity contribution in [3.05, 3.63) is 24.3 Å². The molecule has 0 aliphatic carbocycles. The molecular formula is C14H23BN4O6S. The summed E-state index contributed by atoms with van der Waals surface area (Å²) >= 11 is 0. The van der Waals surface area contributed by atoms with E-state index in [0.717, 1.165) is 4.31 Å². The van der Waals surface area contributed by atoms with Crippen LogP contribution in [0.4, 0.5) is 11.4 Å². The molecular weight excluding hydrogens is 363 g/mol. The zero-order chi connectivity index (χ0) is 19.5. The number of nitrogens with zero attached hydrogens (tertiary/aromatic N) is 1. The van der Waals surface area contributed by atoms with Gasteiger partial charge in [-0.2, -0.15) is 12.7 Å². The van der Waals surface area contributed by atoms with Crippen molar-refractivity contribution in [2.45, 2.75) is 24.7 Å². The monoisotopic (exact) mass is 386 g/mol. The first-order chi connectivity index (χ1) is 12.1. The maximum Gasteiger partial charge on any atom is 0.451 e. The third-order valence-electron chi connectivity index (χ3n) is 4.54. The molecule has 0 spiro atoms. The Hall–Kier alpha value is -1.86. The number of nitrogen functional groups attached to an aromatic ring is 1. The topological polar surface area (TPSA) is 179 Å². The van der Waals surface area contributed by atoms with Gasteiger partial charge >= 0.3 is 23.3 Å². The molecule has 0 amide bonds. The van der Waals surface area contributed by atoms with Gasteiger partial charge in [0, 0.05) is 19.0 Å². The Morgan fingerprint density at radius 1 is 1.38 bits per heavy atom. The highest BCUT2D eigenvalue weighted by molar-refractivity contribution is 7.90. The van der Waals surface area contributed by atoms with Crippen LogP contribution >= 0.6 is 0 Å². The molecule has 8 N–H and O–H groups in total. The van der Waals surface area contributed by atoms with Crippen molar-refractivity contribution in [3.8, 4) is 0 Å². The molecule has 0 unspecified atom stereocenters. The molecule has 0 saturated carbocycles. The van der Waals surface area contributed by atoms with Gasteiger partial charge < -0.3 is 26.6 Å². The fourth-order valence-electron chi connectivity index (χ4n) is 3.01. The number of aliphatic carboxylic acids is 1. The van der Waals surface area contributed by atoms with Crippen molar-refractivity contribution in [2.24, 2.45) is 11.7 Å². The lowest BCUT2D eigenvalue weighted by Gasteiger charge is -2.25. The third kappa shape index (κ3) is 4.45. The van der Waals surface area contributed by atoms with Crippen LogP contribution in [-0.4, -0.2) is 59.6 Å². The first-order valence-electron chi connectivity index (χ1n) is 8.07. The fourth-order valence-corrected chi connectivity index (χ4v) is 4.36. The Morgan fingerprint density at radius 2 is 2.04 bits per heavy atom. The maximum atomic E-state index is 12.6. The first kappa shape index (κ1) is 20.5. The molecule has 10 nitrogen and oxygen atoms in total. The van der Waals surface area contributed by atoms with Gasteiger partial charge in [-0.15, -0.1) is 0 Å². The van der Waals surface area contributed by atoms with Crippen molar-refractivity contribution >= 4 is 34.7 Å². The SMILES string of the molecule is Nc1ccccc1NS(=O)(=O)N1C[C@H](CCCB(O)O)[C@](N)(C(=O)O)C1. The van der Waals surface area contributed by atoms with Crippen LogP contribution in [0, 0.1) is 5.92 Å². The maximum absolute atomic E-state index is 12.6. The first-order valence-corrected chi connectivity index (χ1v) is 9.51. The van der Waals surface area contributed by atoms with Crippen LogP contribution < -0.4 is 16.2 Å². The van der Waals surface area contributed by atoms with E-state index in [9.17, 15) is 18.3 Å². The number of hydrogen-bond donors (Lipinski definition) is 6. The van der Waals surface area contributed by atoms with Gasteiger partial charge in [-0.1, -0.05) is 18.6 Å². The van der Waals surface area contributed by atoms with Gasteiger partial charge in [0.25, 0.3) is 0 Å². The van der Waals surface area contributed by atoms with E-state index in [1.807, 2.05) is 0 Å². The second kappa shape index (κ2) is 7.80. The molecule has 0 bridgehead atoms. The van der Waals surface area contributed by atoms with Gasteiger partial charge in [0.05, 0.1) is 11.4 Å². The molecule has 1 saturated heterocycles. The minimum Gasteiger partial charge on any atom is -0.480 e. The van der Waals surface area contributed by atoms with Crippen molar-refractivity contribution < 1.29 is 28.4 Å². The van der Waals surface area contributed by atoms with Crippen molar-refractivity contribution in [1.29, 1.82) is 0 Å². The Bertz CT molecular complexity index is 762. The molecule has 0 radical (unpaired) electrons. The average molecular weight is 386 g/mol. The zero-order valence-corrected chi connectivity index (χ0v) is 14.9. The van der Waals surface area contributed by atoms with Gasteiger partial charge in [0.1, 0.15) is 5.54 Å². The summed E-state index contributed by atoms with van der Waals surface area (Å²) in [6, 6.07) is 6.31. The standard InChI is InChI=1S/C14H23BN4O6S/c16-11-5-1-2-6-12(11)18-26(24,25)19-8-10(4-3-7-15(22)23)14(17,9-19)13(20)21/h1-2,5-6,10,18,22-23H,3-4,7-9,16-17H2,(H,20,21)/t10-,14-/m0/s1. The number of nitrogens with two attached hydrogens (primary N) is 2. The molecule has 1 heterocycles. The van der Waals surface area contributed by atoms with Crippen LogP contribution in [0.25, 0.3) is 0 Å². The number of anilines is 2. The van der Waals surface area contributed by atoms with Gasteiger partial charge in [-0.05, 0) is 24.9 Å². The molecule has 2 atom stereocenters. The van der Waals surface area contributed by atoms with E-state index in [-0.39, 0.29) is 30.7 Å². The van der Waals surface area contributed by atoms with Crippen molar-refractivity contribution in [2.75, 3.05) is 23.5 Å². The third-order valence-corrected chi connectivity index (χ3v) is 5.98. The van der Waals surface area contributed by atoms with Crippen LogP contribution in [0.1, 0.15) is 12.8 Å². The molecule has 2 rings (SSSR count). The van der Waals surface area contributed by atoms with Crippen molar-refractivity contribution in [1.82, 2.24) is 4.31 Å². The van der Waals surface area contributed by atoms with Crippen LogP contribution in [0.3, 0.4) is 0 Å². The highest BCUT2D eigenvalue weighted by atomic mass is 32.2. The summed E-state index contributed by atoms with van der Waals surface area (Å²) in [4.78, 5) is 11.6. The highest BCUT2D eigenvalue weighted by Gasteiger charge is 2.52. The molecule has 1 fully saturated rings. The minimum absolute atomic E-state index is 0.0533. The Morgan fingerprint density at radius 3 is 2.62 bits per heavy atom. The van der Waals surface area contributed by atoms with Crippen LogP contribution in [-0.2, 0) is 15.0 Å². The van der Waals surface area contributed by atoms with E-state index in [1.54, 1.807) is 12.1 Å². The van der Waals surface area contributed by atoms with Gasteiger partial charge in [-0.3, -0.25) is 9.52 Å². The molecule has 1 aliphatic rings. The smallest absolute Gasteiger partial charge is 0.451 e. The summed E-state index contributed by atoms with van der Waals surface area (Å²) in [5.41, 5.74) is 10.4. The molecule has 144 valence electrons. The number of para-hydroxylation sites is 2. The van der Waals surface area contributed by atoms with E-state index in [4.69, 9.17) is 21.5 Å². The summed E-state index contributed by atoms with van der Waals surface area (Å²) in [6.07, 6.45) is 0.610. The van der Waals surface area contributed by atoms with E-state index < -0.39 is 41.3 Å². The molecule has 1 aromatic rings. The second-order valence-corrected chi connectivity index (χ2v) is 8.11. The molecule has 1 aliphatic heterocycles. The van der Waals surface area contributed by atoms with E-state index in [0.29, 0.717) is 6.42 Å². The van der Waals surface area contributed by atoms with E-state index in [1.165, 1.54) is 12.1 Å². The summed E-state index contributed by atoms with van der Waals surface area (Å²) in [6.45, 7) is -0.483. The van der Waals surface area contributed by atoms with Crippen LogP contribution in [0.2, 0.25) is 6.32 Å². The summed E-state index contributed by atoms with van der Waals surface area (Å²) in [5, 5.41) is 27.3. The van der Waals surface area contributed by atoms with Crippen molar-refractivity contribution in [3.63, 3.8) is 0 Å². The van der Waals surface area contributed by atoms with E-state index >= 15 is 0 Å². The number of rotatable bonds is 8. The number of carboxylic acid groups (broad SMARTS) is 1. The van der Waals surface area contributed by atoms with Crippen LogP contribution in [0.5, 0.6) is 0 Å². The summed E-state index contributed by atoms with van der Waals surface area (Å²) in [5.74, 6) is -1.97. The van der Waals surface area contributed by atoms with E-state index in [2.05, 4.69) is 4.72 Å². The number of hydrogen-bond acceptors (Lipinski definition) is 7. The Labute approximate surface area is 152 Å². The minimum atomic E-state index is -4.05. The second-order valence-electron chi connectivity index (χ2n) is 6.44. The highest BCUT2D eigenvalue weighted by Crippen LogP contribution is 2.33. The molecule has 1 aromatic carbocycles. The predicted octanol–water partition coefficient (Wildman–Crippen LogP) is -1.11. The number of nitrogens with one attached hydrogen (secondary N) is 1. The number of carbonyl (C=O) groups is 1. The lowest BCUT2D eigenvalue weighted by Crippen LogP contribution is -2.55. The lowest BCUT2D eigenvalue weighted by molar-refractivity contribution is -0.144. The molecule has 0 aromatic heterocycles. The Kier molecular flexibility index (Phi) is 6.14. The predicted molar refractivity (Wildman–Crippen MR) is 97.2 cm³/mol. The van der Waals surface area contributed by atoms with Gasteiger partial charge in [0.15, 0.2) is 0 Å². The fraction of sp³-hybridized carbons (Fsp3) is 0.500. The number of carboxylic acids is 1. The summed E-state index contributed by atoms with van der Waals surface area (Å²) in [7, 11) is -5.56. The normalized spacial score (nSPS) is 23.7. The zero-order valence-electron chi connectivity index (χ0n) is 14.1. The summed E-state index contributed by atoms with van der Waals surface area (Å²) < 4.78 is 28.6.